The molecule has 0 spiro atoms. The Morgan fingerprint density at radius 2 is 2.05 bits per heavy atom. The summed E-state index contributed by atoms with van der Waals surface area (Å²) in [5.74, 6) is 0.749. The van der Waals surface area contributed by atoms with Crippen LogP contribution in [0.15, 0.2) is 23.4 Å². The third-order valence-electron chi connectivity index (χ3n) is 3.14. The van der Waals surface area contributed by atoms with Gasteiger partial charge in [-0.15, -0.1) is 11.8 Å². The normalized spacial score (nSPS) is 15.0. The van der Waals surface area contributed by atoms with Gasteiger partial charge in [0.15, 0.2) is 0 Å². The van der Waals surface area contributed by atoms with E-state index in [0.717, 1.165) is 37.4 Å². The van der Waals surface area contributed by atoms with Crippen molar-refractivity contribution in [3.05, 3.63) is 23.9 Å². The summed E-state index contributed by atoms with van der Waals surface area (Å²) in [6.45, 7) is 4.78. The molecule has 7 heteroatoms. The van der Waals surface area contributed by atoms with Gasteiger partial charge in [0.05, 0.1) is 17.2 Å². The van der Waals surface area contributed by atoms with Crippen LogP contribution in [-0.4, -0.2) is 34.5 Å². The van der Waals surface area contributed by atoms with Gasteiger partial charge in [-0.1, -0.05) is 6.92 Å². The molecule has 0 aliphatic carbocycles. The number of thioether (sulfide) groups is 1. The molecule has 120 valence electrons. The van der Waals surface area contributed by atoms with Crippen molar-refractivity contribution in [2.75, 3.05) is 18.9 Å². The first-order valence-electron chi connectivity index (χ1n) is 6.82. The van der Waals surface area contributed by atoms with E-state index in [0.29, 0.717) is 5.03 Å². The lowest BCUT2D eigenvalue weighted by atomic mass is 9.97. The summed E-state index contributed by atoms with van der Waals surface area (Å²) in [4.78, 5) is 3.81. The second-order valence-electron chi connectivity index (χ2n) is 5.08. The summed E-state index contributed by atoms with van der Waals surface area (Å²) >= 11 is 1.42. The molecule has 21 heavy (non-hydrogen) atoms. The molecule has 1 aromatic heterocycles. The molecule has 0 saturated heterocycles. The SMILES string of the molecule is CCNC(C)(CO)CCCSc1ccc(C(F)(F)F)cn1. The van der Waals surface area contributed by atoms with Crippen molar-refractivity contribution in [3.8, 4) is 0 Å². The predicted octanol–water partition coefficient (Wildman–Crippen LogP) is 3.33. The fourth-order valence-electron chi connectivity index (χ4n) is 1.92. The quantitative estimate of drug-likeness (QED) is 0.569. The minimum Gasteiger partial charge on any atom is -0.394 e. The number of pyridine rings is 1. The van der Waals surface area contributed by atoms with Gasteiger partial charge in [0.25, 0.3) is 0 Å². The standard InChI is InChI=1S/C14H21F3N2OS/c1-3-19-13(2,10-20)7-4-8-21-12-6-5-11(9-18-12)14(15,16)17/h5-6,9,19-20H,3-4,7-8,10H2,1-2H3. The zero-order valence-corrected chi connectivity index (χ0v) is 13.0. The van der Waals surface area contributed by atoms with Gasteiger partial charge in [-0.05, 0) is 44.2 Å². The highest BCUT2D eigenvalue weighted by molar-refractivity contribution is 7.99. The average Bonchev–Trinajstić information content (AvgIpc) is 2.43. The van der Waals surface area contributed by atoms with Crippen LogP contribution in [0, 0.1) is 0 Å². The van der Waals surface area contributed by atoms with Gasteiger partial charge in [-0.2, -0.15) is 13.2 Å². The second-order valence-corrected chi connectivity index (χ2v) is 6.20. The second kappa shape index (κ2) is 8.00. The van der Waals surface area contributed by atoms with Gasteiger partial charge in [0.1, 0.15) is 0 Å². The topological polar surface area (TPSA) is 45.1 Å². The number of hydrogen-bond donors (Lipinski definition) is 2. The van der Waals surface area contributed by atoms with Crippen molar-refractivity contribution in [2.24, 2.45) is 0 Å². The number of aliphatic hydroxyl groups is 1. The summed E-state index contributed by atoms with van der Waals surface area (Å²) in [5.41, 5.74) is -1.03. The summed E-state index contributed by atoms with van der Waals surface area (Å²) in [5, 5.41) is 13.2. The third kappa shape index (κ3) is 6.23. The minimum atomic E-state index is -4.34. The number of rotatable bonds is 8. The van der Waals surface area contributed by atoms with Crippen LogP contribution >= 0.6 is 11.8 Å². The van der Waals surface area contributed by atoms with Crippen LogP contribution in [0.5, 0.6) is 0 Å². The van der Waals surface area contributed by atoms with Crippen molar-refractivity contribution in [3.63, 3.8) is 0 Å². The molecule has 1 unspecified atom stereocenters. The summed E-state index contributed by atoms with van der Waals surface area (Å²) in [6.07, 6.45) is -1.84. The fraction of sp³-hybridized carbons (Fsp3) is 0.643. The zero-order chi connectivity index (χ0) is 15.9. The number of alkyl halides is 3. The van der Waals surface area contributed by atoms with Crippen LogP contribution in [0.25, 0.3) is 0 Å². The molecule has 0 aliphatic heterocycles. The Labute approximate surface area is 127 Å². The zero-order valence-electron chi connectivity index (χ0n) is 12.2. The largest absolute Gasteiger partial charge is 0.417 e. The molecule has 0 aromatic carbocycles. The van der Waals surface area contributed by atoms with Crippen molar-refractivity contribution in [2.45, 2.75) is 43.4 Å². The smallest absolute Gasteiger partial charge is 0.394 e. The number of halogens is 3. The molecule has 0 amide bonds. The molecule has 0 aliphatic rings. The van der Waals surface area contributed by atoms with E-state index in [1.807, 2.05) is 13.8 Å². The lowest BCUT2D eigenvalue weighted by Crippen LogP contribution is -2.45. The third-order valence-corrected chi connectivity index (χ3v) is 4.17. The first-order valence-corrected chi connectivity index (χ1v) is 7.81. The first-order chi connectivity index (χ1) is 9.80. The fourth-order valence-corrected chi connectivity index (χ4v) is 2.71. The number of aliphatic hydroxyl groups excluding tert-OH is 1. The highest BCUT2D eigenvalue weighted by Crippen LogP contribution is 2.29. The van der Waals surface area contributed by atoms with Gasteiger partial charge in [-0.25, -0.2) is 4.98 Å². The van der Waals surface area contributed by atoms with Gasteiger partial charge >= 0.3 is 6.18 Å². The van der Waals surface area contributed by atoms with Crippen molar-refractivity contribution < 1.29 is 18.3 Å². The van der Waals surface area contributed by atoms with Crippen LogP contribution in [0.2, 0.25) is 0 Å². The Morgan fingerprint density at radius 1 is 1.33 bits per heavy atom. The van der Waals surface area contributed by atoms with Gasteiger partial charge < -0.3 is 10.4 Å². The van der Waals surface area contributed by atoms with Crippen molar-refractivity contribution in [1.29, 1.82) is 0 Å². The highest BCUT2D eigenvalue weighted by Gasteiger charge is 2.30. The van der Waals surface area contributed by atoms with E-state index < -0.39 is 11.7 Å². The van der Waals surface area contributed by atoms with Crippen LogP contribution in [0.4, 0.5) is 13.2 Å². The molecule has 2 N–H and O–H groups in total. The molecule has 1 rings (SSSR count). The molecular weight excluding hydrogens is 301 g/mol. The van der Waals surface area contributed by atoms with E-state index in [1.165, 1.54) is 17.8 Å². The number of nitrogens with zero attached hydrogens (tertiary/aromatic N) is 1. The highest BCUT2D eigenvalue weighted by atomic mass is 32.2. The van der Waals surface area contributed by atoms with Crippen LogP contribution in [-0.2, 0) is 6.18 Å². The maximum atomic E-state index is 12.4. The average molecular weight is 322 g/mol. The lowest BCUT2D eigenvalue weighted by molar-refractivity contribution is -0.137. The van der Waals surface area contributed by atoms with Crippen molar-refractivity contribution in [1.82, 2.24) is 10.3 Å². The lowest BCUT2D eigenvalue weighted by Gasteiger charge is -2.28. The Balaban J connectivity index is 2.39. The maximum absolute atomic E-state index is 12.4. The van der Waals surface area contributed by atoms with Crippen LogP contribution < -0.4 is 5.32 Å². The van der Waals surface area contributed by atoms with E-state index in [1.54, 1.807) is 0 Å². The van der Waals surface area contributed by atoms with E-state index in [9.17, 15) is 18.3 Å². The van der Waals surface area contributed by atoms with E-state index in [4.69, 9.17) is 0 Å². The Hall–Kier alpha value is -0.790. The molecular formula is C14H21F3N2OS. The summed E-state index contributed by atoms with van der Waals surface area (Å²) in [6, 6.07) is 2.44. The van der Waals surface area contributed by atoms with Crippen molar-refractivity contribution >= 4 is 11.8 Å². The predicted molar refractivity (Wildman–Crippen MR) is 78.4 cm³/mol. The molecule has 0 bridgehead atoms. The first kappa shape index (κ1) is 18.3. The molecule has 0 radical (unpaired) electrons. The molecule has 0 fully saturated rings. The Bertz CT molecular complexity index is 425. The molecule has 1 heterocycles. The molecule has 3 nitrogen and oxygen atoms in total. The van der Waals surface area contributed by atoms with E-state index >= 15 is 0 Å². The van der Waals surface area contributed by atoms with E-state index in [2.05, 4.69) is 10.3 Å². The van der Waals surface area contributed by atoms with Gasteiger partial charge in [0, 0.05) is 11.7 Å². The maximum Gasteiger partial charge on any atom is 0.417 e. The number of aromatic nitrogens is 1. The number of nitrogens with one attached hydrogen (secondary N) is 1. The van der Waals surface area contributed by atoms with Crippen LogP contribution in [0.1, 0.15) is 32.3 Å². The molecule has 0 saturated carbocycles. The van der Waals surface area contributed by atoms with E-state index in [-0.39, 0.29) is 12.1 Å². The van der Waals surface area contributed by atoms with Gasteiger partial charge in [-0.3, -0.25) is 0 Å². The van der Waals surface area contributed by atoms with Crippen LogP contribution in [0.3, 0.4) is 0 Å². The molecule has 1 atom stereocenters. The number of likely N-dealkylation sites (N-methyl/N-ethyl adjacent to an activating group) is 1. The Morgan fingerprint density at radius 3 is 2.52 bits per heavy atom. The monoisotopic (exact) mass is 322 g/mol. The summed E-state index contributed by atoms with van der Waals surface area (Å²) < 4.78 is 37.2. The molecule has 1 aromatic rings. The number of hydrogen-bond acceptors (Lipinski definition) is 4. The minimum absolute atomic E-state index is 0.0596. The summed E-state index contributed by atoms with van der Waals surface area (Å²) in [7, 11) is 0. The Kier molecular flexibility index (Phi) is 6.96. The van der Waals surface area contributed by atoms with Gasteiger partial charge in [0.2, 0.25) is 0 Å².